The molecule has 1 unspecified atom stereocenters. The van der Waals surface area contributed by atoms with Gasteiger partial charge < -0.3 is 5.32 Å². The van der Waals surface area contributed by atoms with Crippen LogP contribution in [0.1, 0.15) is 29.9 Å². The summed E-state index contributed by atoms with van der Waals surface area (Å²) >= 11 is 0. The van der Waals surface area contributed by atoms with Crippen molar-refractivity contribution >= 4 is 0 Å². The Morgan fingerprint density at radius 2 is 2.28 bits per heavy atom. The molecule has 18 heavy (non-hydrogen) atoms. The number of nitrogens with zero attached hydrogens (tertiary/aromatic N) is 3. The molecule has 4 heteroatoms. The van der Waals surface area contributed by atoms with Gasteiger partial charge in [-0.05, 0) is 45.0 Å². The van der Waals surface area contributed by atoms with E-state index in [9.17, 15) is 0 Å². The highest BCUT2D eigenvalue weighted by Gasteiger charge is 2.15. The Bertz CT molecular complexity index is 490. The molecule has 0 saturated heterocycles. The largest absolute Gasteiger partial charge is 0.311 e. The average molecular weight is 244 g/mol. The van der Waals surface area contributed by atoms with Gasteiger partial charge in [0, 0.05) is 18.9 Å². The molecule has 0 amide bonds. The molecular weight excluding hydrogens is 224 g/mol. The van der Waals surface area contributed by atoms with Crippen LogP contribution in [0.5, 0.6) is 0 Å². The molecule has 4 nitrogen and oxygen atoms in total. The smallest absolute Gasteiger partial charge is 0.0597 e. The van der Waals surface area contributed by atoms with Crippen LogP contribution in [0.25, 0.3) is 0 Å². The first-order chi connectivity index (χ1) is 8.74. The van der Waals surface area contributed by atoms with Crippen molar-refractivity contribution in [3.05, 3.63) is 47.5 Å². The van der Waals surface area contributed by atoms with Gasteiger partial charge in [0.1, 0.15) is 0 Å². The Labute approximate surface area is 108 Å². The SMILES string of the molecule is CCn1nc(C)cc1C(Cc1cccnc1)NC. The van der Waals surface area contributed by atoms with Crippen LogP contribution in [0.2, 0.25) is 0 Å². The summed E-state index contributed by atoms with van der Waals surface area (Å²) < 4.78 is 2.06. The van der Waals surface area contributed by atoms with Gasteiger partial charge in [-0.15, -0.1) is 0 Å². The van der Waals surface area contributed by atoms with E-state index in [1.54, 1.807) is 6.20 Å². The molecule has 0 aliphatic rings. The molecule has 0 bridgehead atoms. The third-order valence-corrected chi connectivity index (χ3v) is 3.10. The summed E-state index contributed by atoms with van der Waals surface area (Å²) in [7, 11) is 1.99. The van der Waals surface area contributed by atoms with Crippen LogP contribution in [0, 0.1) is 6.92 Å². The quantitative estimate of drug-likeness (QED) is 0.876. The molecular formula is C14H20N4. The minimum atomic E-state index is 0.273. The summed E-state index contributed by atoms with van der Waals surface area (Å²) in [4.78, 5) is 4.16. The van der Waals surface area contributed by atoms with E-state index in [1.807, 2.05) is 26.2 Å². The Balaban J connectivity index is 2.22. The van der Waals surface area contributed by atoms with Gasteiger partial charge in [0.15, 0.2) is 0 Å². The first-order valence-corrected chi connectivity index (χ1v) is 6.35. The van der Waals surface area contributed by atoms with Crippen molar-refractivity contribution in [3.8, 4) is 0 Å². The van der Waals surface area contributed by atoms with Crippen LogP contribution in [-0.4, -0.2) is 21.8 Å². The fraction of sp³-hybridized carbons (Fsp3) is 0.429. The first-order valence-electron chi connectivity index (χ1n) is 6.35. The van der Waals surface area contributed by atoms with Crippen molar-refractivity contribution in [2.45, 2.75) is 32.9 Å². The fourth-order valence-corrected chi connectivity index (χ4v) is 2.21. The van der Waals surface area contributed by atoms with Crippen molar-refractivity contribution in [1.82, 2.24) is 20.1 Å². The Hall–Kier alpha value is -1.68. The van der Waals surface area contributed by atoms with Crippen LogP contribution in [0.15, 0.2) is 30.6 Å². The van der Waals surface area contributed by atoms with E-state index in [1.165, 1.54) is 11.3 Å². The molecule has 2 rings (SSSR count). The van der Waals surface area contributed by atoms with Crippen molar-refractivity contribution in [3.63, 3.8) is 0 Å². The summed E-state index contributed by atoms with van der Waals surface area (Å²) in [5.74, 6) is 0. The maximum Gasteiger partial charge on any atom is 0.0597 e. The van der Waals surface area contributed by atoms with Gasteiger partial charge in [-0.2, -0.15) is 5.10 Å². The molecule has 0 fully saturated rings. The molecule has 1 atom stereocenters. The van der Waals surface area contributed by atoms with Crippen LogP contribution in [0.3, 0.4) is 0 Å². The second kappa shape index (κ2) is 5.78. The number of likely N-dealkylation sites (N-methyl/N-ethyl adjacent to an activating group) is 1. The lowest BCUT2D eigenvalue weighted by atomic mass is 10.0. The lowest BCUT2D eigenvalue weighted by Gasteiger charge is -2.17. The first kappa shape index (κ1) is 12.8. The zero-order valence-electron chi connectivity index (χ0n) is 11.2. The Kier molecular flexibility index (Phi) is 4.10. The minimum Gasteiger partial charge on any atom is -0.311 e. The summed E-state index contributed by atoms with van der Waals surface area (Å²) in [6.07, 6.45) is 4.65. The lowest BCUT2D eigenvalue weighted by Crippen LogP contribution is -2.22. The van der Waals surface area contributed by atoms with E-state index >= 15 is 0 Å². The standard InChI is InChI=1S/C14H20N4/c1-4-18-14(8-11(2)17-18)13(15-3)9-12-6-5-7-16-10-12/h5-8,10,13,15H,4,9H2,1-3H3. The Morgan fingerprint density at radius 1 is 1.44 bits per heavy atom. The van der Waals surface area contributed by atoms with Crippen molar-refractivity contribution < 1.29 is 0 Å². The normalized spacial score (nSPS) is 12.6. The van der Waals surface area contributed by atoms with Gasteiger partial charge in [-0.3, -0.25) is 9.67 Å². The van der Waals surface area contributed by atoms with E-state index in [-0.39, 0.29) is 6.04 Å². The third-order valence-electron chi connectivity index (χ3n) is 3.10. The topological polar surface area (TPSA) is 42.7 Å². The zero-order chi connectivity index (χ0) is 13.0. The highest BCUT2D eigenvalue weighted by Crippen LogP contribution is 2.18. The molecule has 0 spiro atoms. The summed E-state index contributed by atoms with van der Waals surface area (Å²) in [6, 6.07) is 6.51. The molecule has 2 aromatic heterocycles. The van der Waals surface area contributed by atoms with Gasteiger partial charge in [-0.25, -0.2) is 0 Å². The summed E-state index contributed by atoms with van der Waals surface area (Å²) in [5.41, 5.74) is 3.54. The predicted molar refractivity (Wildman–Crippen MR) is 72.4 cm³/mol. The van der Waals surface area contributed by atoms with E-state index < -0.39 is 0 Å². The van der Waals surface area contributed by atoms with Crippen LogP contribution >= 0.6 is 0 Å². The highest BCUT2D eigenvalue weighted by atomic mass is 15.3. The number of hydrogen-bond acceptors (Lipinski definition) is 3. The number of nitrogens with one attached hydrogen (secondary N) is 1. The highest BCUT2D eigenvalue weighted by molar-refractivity contribution is 5.18. The maximum absolute atomic E-state index is 4.50. The molecule has 0 aromatic carbocycles. The van der Waals surface area contributed by atoms with Crippen molar-refractivity contribution in [1.29, 1.82) is 0 Å². The van der Waals surface area contributed by atoms with E-state index in [2.05, 4.69) is 39.1 Å². The van der Waals surface area contributed by atoms with Gasteiger partial charge in [-0.1, -0.05) is 6.07 Å². The summed E-state index contributed by atoms with van der Waals surface area (Å²) in [5, 5.41) is 7.87. The average Bonchev–Trinajstić information content (AvgIpc) is 2.78. The second-order valence-electron chi connectivity index (χ2n) is 4.43. The van der Waals surface area contributed by atoms with Crippen LogP contribution < -0.4 is 5.32 Å². The molecule has 0 saturated carbocycles. The predicted octanol–water partition coefficient (Wildman–Crippen LogP) is 2.11. The molecule has 0 radical (unpaired) electrons. The number of hydrogen-bond donors (Lipinski definition) is 1. The monoisotopic (exact) mass is 244 g/mol. The van der Waals surface area contributed by atoms with Gasteiger partial charge >= 0.3 is 0 Å². The molecule has 1 N–H and O–H groups in total. The molecule has 0 aliphatic heterocycles. The molecule has 96 valence electrons. The van der Waals surface area contributed by atoms with Crippen molar-refractivity contribution in [2.24, 2.45) is 0 Å². The summed E-state index contributed by atoms with van der Waals surface area (Å²) in [6.45, 7) is 5.05. The number of rotatable bonds is 5. The molecule has 2 aromatic rings. The lowest BCUT2D eigenvalue weighted by molar-refractivity contribution is 0.512. The number of aryl methyl sites for hydroxylation is 2. The minimum absolute atomic E-state index is 0.273. The van der Waals surface area contributed by atoms with Gasteiger partial charge in [0.2, 0.25) is 0 Å². The zero-order valence-corrected chi connectivity index (χ0v) is 11.2. The van der Waals surface area contributed by atoms with Gasteiger partial charge in [0.25, 0.3) is 0 Å². The number of pyridine rings is 1. The van der Waals surface area contributed by atoms with E-state index in [0.29, 0.717) is 0 Å². The second-order valence-corrected chi connectivity index (χ2v) is 4.43. The molecule has 2 heterocycles. The third kappa shape index (κ3) is 2.76. The molecule has 0 aliphatic carbocycles. The maximum atomic E-state index is 4.50. The fourth-order valence-electron chi connectivity index (χ4n) is 2.21. The van der Waals surface area contributed by atoms with E-state index in [4.69, 9.17) is 0 Å². The van der Waals surface area contributed by atoms with E-state index in [0.717, 1.165) is 18.7 Å². The van der Waals surface area contributed by atoms with Crippen LogP contribution in [0.4, 0.5) is 0 Å². The van der Waals surface area contributed by atoms with Gasteiger partial charge in [0.05, 0.1) is 17.4 Å². The van der Waals surface area contributed by atoms with Crippen LogP contribution in [-0.2, 0) is 13.0 Å². The number of aromatic nitrogens is 3. The van der Waals surface area contributed by atoms with Crippen molar-refractivity contribution in [2.75, 3.05) is 7.05 Å². The Morgan fingerprint density at radius 3 is 2.89 bits per heavy atom.